The van der Waals surface area contributed by atoms with E-state index >= 15 is 0 Å². The van der Waals surface area contributed by atoms with Crippen LogP contribution >= 0.6 is 22.9 Å². The predicted molar refractivity (Wildman–Crippen MR) is 106 cm³/mol. The number of benzene rings is 1. The number of nitrogens with one attached hydrogen (secondary N) is 1. The lowest BCUT2D eigenvalue weighted by molar-refractivity contribution is 0.0942. The first-order chi connectivity index (χ1) is 12.7. The molecule has 130 valence electrons. The van der Waals surface area contributed by atoms with Gasteiger partial charge in [0.25, 0.3) is 5.91 Å². The largest absolute Gasteiger partial charge is 0.347 e. The van der Waals surface area contributed by atoms with Gasteiger partial charge < -0.3 is 9.88 Å². The second-order valence-electron chi connectivity index (χ2n) is 5.92. The van der Waals surface area contributed by atoms with Gasteiger partial charge in [-0.3, -0.25) is 9.78 Å². The van der Waals surface area contributed by atoms with E-state index in [4.69, 9.17) is 11.6 Å². The first-order valence-corrected chi connectivity index (χ1v) is 9.45. The molecule has 4 aromatic rings. The Morgan fingerprint density at radius 1 is 1.15 bits per heavy atom. The molecule has 26 heavy (non-hydrogen) atoms. The van der Waals surface area contributed by atoms with E-state index in [0.29, 0.717) is 23.8 Å². The first kappa shape index (κ1) is 16.8. The maximum Gasteiger partial charge on any atom is 0.268 e. The summed E-state index contributed by atoms with van der Waals surface area (Å²) in [6.45, 7) is 1.02. The number of pyridine rings is 1. The van der Waals surface area contributed by atoms with Gasteiger partial charge in [0.05, 0.1) is 10.2 Å². The number of carbonyl (C=O) groups excluding carboxylic acids is 1. The van der Waals surface area contributed by atoms with E-state index in [1.165, 1.54) is 0 Å². The molecule has 4 rings (SSSR count). The Bertz CT molecular complexity index is 1060. The molecule has 4 nitrogen and oxygen atoms in total. The van der Waals surface area contributed by atoms with E-state index in [2.05, 4.69) is 10.3 Å². The lowest BCUT2D eigenvalue weighted by Gasteiger charge is -2.12. The van der Waals surface area contributed by atoms with Gasteiger partial charge in [-0.2, -0.15) is 0 Å². The molecule has 0 aliphatic rings. The Labute approximate surface area is 160 Å². The van der Waals surface area contributed by atoms with Gasteiger partial charge in [0.15, 0.2) is 0 Å². The monoisotopic (exact) mass is 381 g/mol. The molecular formula is C20H16ClN3OS. The zero-order valence-corrected chi connectivity index (χ0v) is 15.4. The third-order valence-electron chi connectivity index (χ3n) is 4.24. The molecule has 0 unspecified atom stereocenters. The van der Waals surface area contributed by atoms with Crippen LogP contribution in [0.5, 0.6) is 0 Å². The molecule has 6 heteroatoms. The first-order valence-electron chi connectivity index (χ1n) is 8.19. The number of aromatic nitrogens is 2. The van der Waals surface area contributed by atoms with Crippen molar-refractivity contribution in [3.63, 3.8) is 0 Å². The fourth-order valence-electron chi connectivity index (χ4n) is 2.91. The summed E-state index contributed by atoms with van der Waals surface area (Å²) >= 11 is 7.95. The summed E-state index contributed by atoms with van der Waals surface area (Å²) in [7, 11) is 0. The predicted octanol–water partition coefficient (Wildman–Crippen LogP) is 4.73. The maximum absolute atomic E-state index is 12.8. The SMILES string of the molecule is O=C(NCc1ccncc1)c1cc2sccc2n1Cc1ccccc1Cl. The van der Waals surface area contributed by atoms with Crippen molar-refractivity contribution in [1.29, 1.82) is 0 Å². The summed E-state index contributed by atoms with van der Waals surface area (Å²) in [4.78, 5) is 16.8. The number of carbonyl (C=O) groups is 1. The van der Waals surface area contributed by atoms with Crippen LogP contribution in [0, 0.1) is 0 Å². The van der Waals surface area contributed by atoms with Crippen LogP contribution in [0.2, 0.25) is 5.02 Å². The minimum absolute atomic E-state index is 0.0998. The highest BCUT2D eigenvalue weighted by atomic mass is 35.5. The fraction of sp³-hybridized carbons (Fsp3) is 0.100. The van der Waals surface area contributed by atoms with Crippen LogP contribution in [0.15, 0.2) is 66.3 Å². The second-order valence-corrected chi connectivity index (χ2v) is 7.27. The van der Waals surface area contributed by atoms with Crippen LogP contribution in [0.3, 0.4) is 0 Å². The van der Waals surface area contributed by atoms with Crippen molar-refractivity contribution < 1.29 is 4.79 Å². The molecule has 0 saturated heterocycles. The van der Waals surface area contributed by atoms with E-state index in [-0.39, 0.29) is 5.91 Å². The van der Waals surface area contributed by atoms with Crippen LogP contribution < -0.4 is 5.32 Å². The van der Waals surface area contributed by atoms with Crippen molar-refractivity contribution >= 4 is 39.1 Å². The number of amides is 1. The molecule has 0 saturated carbocycles. The van der Waals surface area contributed by atoms with Crippen molar-refractivity contribution in [2.24, 2.45) is 0 Å². The van der Waals surface area contributed by atoms with Gasteiger partial charge in [-0.25, -0.2) is 0 Å². The summed E-state index contributed by atoms with van der Waals surface area (Å²) in [6, 6.07) is 15.5. The Morgan fingerprint density at radius 2 is 1.96 bits per heavy atom. The minimum Gasteiger partial charge on any atom is -0.347 e. The van der Waals surface area contributed by atoms with Gasteiger partial charge in [-0.1, -0.05) is 29.8 Å². The van der Waals surface area contributed by atoms with E-state index < -0.39 is 0 Å². The van der Waals surface area contributed by atoms with Crippen LogP contribution in [0.1, 0.15) is 21.6 Å². The lowest BCUT2D eigenvalue weighted by Crippen LogP contribution is -2.25. The number of hydrogen-bond acceptors (Lipinski definition) is 3. The summed E-state index contributed by atoms with van der Waals surface area (Å²) in [5.41, 5.74) is 3.69. The number of hydrogen-bond donors (Lipinski definition) is 1. The third kappa shape index (κ3) is 3.36. The highest BCUT2D eigenvalue weighted by Gasteiger charge is 2.17. The number of rotatable bonds is 5. The number of halogens is 1. The standard InChI is InChI=1S/C20H16ClN3OS/c21-16-4-2-1-3-15(16)13-24-17-7-10-26-19(17)11-18(24)20(25)23-12-14-5-8-22-9-6-14/h1-11H,12-13H2,(H,23,25). The molecule has 3 aromatic heterocycles. The van der Waals surface area contributed by atoms with Crippen LogP contribution in [-0.4, -0.2) is 15.5 Å². The molecule has 1 aromatic carbocycles. The molecule has 0 fully saturated rings. The molecule has 0 radical (unpaired) electrons. The Balaban J connectivity index is 1.63. The van der Waals surface area contributed by atoms with Gasteiger partial charge in [-0.15, -0.1) is 11.3 Å². The summed E-state index contributed by atoms with van der Waals surface area (Å²) in [6.07, 6.45) is 3.44. The lowest BCUT2D eigenvalue weighted by atomic mass is 10.2. The van der Waals surface area contributed by atoms with Crippen LogP contribution in [0.4, 0.5) is 0 Å². The topological polar surface area (TPSA) is 46.9 Å². The molecular weight excluding hydrogens is 366 g/mol. The molecule has 1 N–H and O–H groups in total. The van der Waals surface area contributed by atoms with Gasteiger partial charge in [0.2, 0.25) is 0 Å². The van der Waals surface area contributed by atoms with Gasteiger partial charge in [-0.05, 0) is 46.8 Å². The summed E-state index contributed by atoms with van der Waals surface area (Å²) < 4.78 is 3.11. The minimum atomic E-state index is -0.0998. The van der Waals surface area contributed by atoms with Crippen molar-refractivity contribution in [1.82, 2.24) is 14.9 Å². The molecule has 0 aliphatic carbocycles. The van der Waals surface area contributed by atoms with Crippen molar-refractivity contribution in [3.8, 4) is 0 Å². The van der Waals surface area contributed by atoms with Gasteiger partial charge in [0, 0.05) is 30.5 Å². The van der Waals surface area contributed by atoms with E-state index in [9.17, 15) is 4.79 Å². The van der Waals surface area contributed by atoms with E-state index in [1.54, 1.807) is 23.7 Å². The normalized spacial score (nSPS) is 11.0. The average Bonchev–Trinajstić information content (AvgIpc) is 3.25. The highest BCUT2D eigenvalue weighted by molar-refractivity contribution is 7.17. The molecule has 0 bridgehead atoms. The van der Waals surface area contributed by atoms with Crippen molar-refractivity contribution in [3.05, 3.63) is 88.1 Å². The van der Waals surface area contributed by atoms with Crippen LogP contribution in [-0.2, 0) is 13.1 Å². The van der Waals surface area contributed by atoms with E-state index in [1.807, 2.05) is 58.5 Å². The number of nitrogens with zero attached hydrogens (tertiary/aromatic N) is 2. The smallest absolute Gasteiger partial charge is 0.268 e. The highest BCUT2D eigenvalue weighted by Crippen LogP contribution is 2.27. The molecule has 0 atom stereocenters. The fourth-order valence-corrected chi connectivity index (χ4v) is 3.92. The van der Waals surface area contributed by atoms with Crippen molar-refractivity contribution in [2.45, 2.75) is 13.1 Å². The Kier molecular flexibility index (Phi) is 4.73. The molecule has 1 amide bonds. The Morgan fingerprint density at radius 3 is 2.77 bits per heavy atom. The maximum atomic E-state index is 12.8. The average molecular weight is 382 g/mol. The zero-order chi connectivity index (χ0) is 17.9. The van der Waals surface area contributed by atoms with Gasteiger partial charge >= 0.3 is 0 Å². The Hall–Kier alpha value is -2.63. The zero-order valence-electron chi connectivity index (χ0n) is 13.9. The molecule has 0 aliphatic heterocycles. The van der Waals surface area contributed by atoms with Crippen LogP contribution in [0.25, 0.3) is 10.2 Å². The quantitative estimate of drug-likeness (QED) is 0.543. The summed E-state index contributed by atoms with van der Waals surface area (Å²) in [5, 5.41) is 5.73. The number of thiophene rings is 1. The third-order valence-corrected chi connectivity index (χ3v) is 5.47. The molecule has 3 heterocycles. The van der Waals surface area contributed by atoms with E-state index in [0.717, 1.165) is 21.3 Å². The molecule has 0 spiro atoms. The van der Waals surface area contributed by atoms with Crippen molar-refractivity contribution in [2.75, 3.05) is 0 Å². The number of fused-ring (bicyclic) bond motifs is 1. The second kappa shape index (κ2) is 7.32. The summed E-state index contributed by atoms with van der Waals surface area (Å²) in [5.74, 6) is -0.0998. The van der Waals surface area contributed by atoms with Gasteiger partial charge in [0.1, 0.15) is 5.69 Å².